The summed E-state index contributed by atoms with van der Waals surface area (Å²) in [4.78, 5) is 1.42. The first kappa shape index (κ1) is 14.6. The third-order valence-corrected chi connectivity index (χ3v) is 4.83. The lowest BCUT2D eigenvalue weighted by molar-refractivity contribution is -0.0497. The van der Waals surface area contributed by atoms with Crippen LogP contribution in [-0.2, 0) is 6.42 Å². The summed E-state index contributed by atoms with van der Waals surface area (Å²) in [6.07, 6.45) is 3.33. The standard InChI is InChI=1S/C15H14ClF2NOS/c16-11-8-9(4-5-13(11)20-15(17)18)19-12-2-1-3-14-10(12)6-7-21-14/h4-8,12,15,19H,1-3H2. The van der Waals surface area contributed by atoms with Crippen LogP contribution >= 0.6 is 22.9 Å². The van der Waals surface area contributed by atoms with Gasteiger partial charge in [-0.15, -0.1) is 11.3 Å². The summed E-state index contributed by atoms with van der Waals surface area (Å²) < 4.78 is 28.8. The Bertz CT molecular complexity index is 632. The molecule has 112 valence electrons. The van der Waals surface area contributed by atoms with E-state index in [1.807, 2.05) is 0 Å². The maximum Gasteiger partial charge on any atom is 0.387 e. The highest BCUT2D eigenvalue weighted by atomic mass is 35.5. The van der Waals surface area contributed by atoms with Crippen molar-refractivity contribution in [1.29, 1.82) is 0 Å². The molecule has 0 spiro atoms. The van der Waals surface area contributed by atoms with Crippen molar-refractivity contribution in [3.63, 3.8) is 0 Å². The van der Waals surface area contributed by atoms with Crippen LogP contribution in [0.3, 0.4) is 0 Å². The molecule has 1 aliphatic rings. The lowest BCUT2D eigenvalue weighted by Crippen LogP contribution is -2.15. The molecule has 1 aromatic carbocycles. The predicted octanol–water partition coefficient (Wildman–Crippen LogP) is 5.49. The Hall–Kier alpha value is -1.33. The topological polar surface area (TPSA) is 21.3 Å². The summed E-state index contributed by atoms with van der Waals surface area (Å²) in [6, 6.07) is 7.20. The molecule has 1 aliphatic carbocycles. The summed E-state index contributed by atoms with van der Waals surface area (Å²) >= 11 is 7.76. The van der Waals surface area contributed by atoms with Crippen molar-refractivity contribution in [1.82, 2.24) is 0 Å². The summed E-state index contributed by atoms with van der Waals surface area (Å²) in [5.41, 5.74) is 2.14. The highest BCUT2D eigenvalue weighted by molar-refractivity contribution is 7.10. The number of hydrogen-bond donors (Lipinski definition) is 1. The lowest BCUT2D eigenvalue weighted by Gasteiger charge is -2.25. The fraction of sp³-hybridized carbons (Fsp3) is 0.333. The molecule has 0 amide bonds. The molecule has 1 atom stereocenters. The normalized spacial score (nSPS) is 17.6. The van der Waals surface area contributed by atoms with Gasteiger partial charge in [-0.05, 0) is 54.5 Å². The summed E-state index contributed by atoms with van der Waals surface area (Å²) in [6.45, 7) is -2.87. The first-order valence-corrected chi connectivity index (χ1v) is 7.96. The molecular formula is C15H14ClF2NOS. The zero-order valence-corrected chi connectivity index (χ0v) is 12.7. The predicted molar refractivity (Wildman–Crippen MR) is 81.7 cm³/mol. The van der Waals surface area contributed by atoms with Crippen LogP contribution in [0.15, 0.2) is 29.6 Å². The van der Waals surface area contributed by atoms with Gasteiger partial charge in [-0.3, -0.25) is 0 Å². The van der Waals surface area contributed by atoms with Gasteiger partial charge in [-0.25, -0.2) is 0 Å². The van der Waals surface area contributed by atoms with E-state index in [2.05, 4.69) is 21.5 Å². The monoisotopic (exact) mass is 329 g/mol. The SMILES string of the molecule is FC(F)Oc1ccc(NC2CCCc3sccc32)cc1Cl. The molecule has 0 saturated carbocycles. The van der Waals surface area contributed by atoms with Crippen LogP contribution in [0, 0.1) is 0 Å². The van der Waals surface area contributed by atoms with Crippen molar-refractivity contribution in [3.05, 3.63) is 45.1 Å². The van der Waals surface area contributed by atoms with Crippen LogP contribution < -0.4 is 10.1 Å². The molecule has 21 heavy (non-hydrogen) atoms. The first-order valence-electron chi connectivity index (χ1n) is 6.70. The molecular weight excluding hydrogens is 316 g/mol. The Labute approximate surface area is 130 Å². The number of hydrogen-bond acceptors (Lipinski definition) is 3. The van der Waals surface area contributed by atoms with Gasteiger partial charge in [0.2, 0.25) is 0 Å². The molecule has 6 heteroatoms. The number of fused-ring (bicyclic) bond motifs is 1. The van der Waals surface area contributed by atoms with Crippen LogP contribution in [0.1, 0.15) is 29.3 Å². The minimum atomic E-state index is -2.87. The maximum absolute atomic E-state index is 12.2. The Morgan fingerprint density at radius 3 is 2.95 bits per heavy atom. The second-order valence-electron chi connectivity index (χ2n) is 4.91. The fourth-order valence-electron chi connectivity index (χ4n) is 2.62. The van der Waals surface area contributed by atoms with Gasteiger partial charge in [0.05, 0.1) is 11.1 Å². The Kier molecular flexibility index (Phi) is 4.31. The zero-order chi connectivity index (χ0) is 14.8. The molecule has 3 rings (SSSR count). The molecule has 0 saturated heterocycles. The van der Waals surface area contributed by atoms with Crippen molar-refractivity contribution in [2.75, 3.05) is 5.32 Å². The number of rotatable bonds is 4. The molecule has 1 heterocycles. The Balaban J connectivity index is 1.76. The molecule has 0 radical (unpaired) electrons. The van der Waals surface area contributed by atoms with Crippen LogP contribution in [-0.4, -0.2) is 6.61 Å². The average molecular weight is 330 g/mol. The second kappa shape index (κ2) is 6.20. The largest absolute Gasteiger partial charge is 0.433 e. The van der Waals surface area contributed by atoms with Gasteiger partial charge in [0.1, 0.15) is 5.75 Å². The van der Waals surface area contributed by atoms with E-state index in [0.717, 1.165) is 24.9 Å². The summed E-state index contributed by atoms with van der Waals surface area (Å²) in [5, 5.41) is 5.71. The van der Waals surface area contributed by atoms with Crippen molar-refractivity contribution in [2.45, 2.75) is 31.9 Å². The molecule has 0 bridgehead atoms. The molecule has 1 unspecified atom stereocenters. The minimum Gasteiger partial charge on any atom is -0.433 e. The van der Waals surface area contributed by atoms with Gasteiger partial charge in [-0.2, -0.15) is 8.78 Å². The number of anilines is 1. The number of alkyl halides is 2. The smallest absolute Gasteiger partial charge is 0.387 e. The zero-order valence-electron chi connectivity index (χ0n) is 11.1. The number of ether oxygens (including phenoxy) is 1. The number of benzene rings is 1. The van der Waals surface area contributed by atoms with Gasteiger partial charge < -0.3 is 10.1 Å². The van der Waals surface area contributed by atoms with E-state index < -0.39 is 6.61 Å². The molecule has 0 aliphatic heterocycles. The molecule has 1 N–H and O–H groups in total. The molecule has 2 nitrogen and oxygen atoms in total. The van der Waals surface area contributed by atoms with Crippen molar-refractivity contribution in [3.8, 4) is 5.75 Å². The quantitative estimate of drug-likeness (QED) is 0.800. The van der Waals surface area contributed by atoms with E-state index >= 15 is 0 Å². The Morgan fingerprint density at radius 1 is 1.33 bits per heavy atom. The van der Waals surface area contributed by atoms with Crippen molar-refractivity contribution in [2.24, 2.45) is 0 Å². The van der Waals surface area contributed by atoms with Gasteiger partial charge in [0.15, 0.2) is 0 Å². The molecule has 2 aromatic rings. The lowest BCUT2D eigenvalue weighted by atomic mass is 9.94. The van der Waals surface area contributed by atoms with E-state index in [1.165, 1.54) is 16.5 Å². The average Bonchev–Trinajstić information content (AvgIpc) is 2.91. The van der Waals surface area contributed by atoms with Gasteiger partial charge in [0, 0.05) is 10.6 Å². The first-order chi connectivity index (χ1) is 10.1. The highest BCUT2D eigenvalue weighted by Crippen LogP contribution is 2.37. The number of nitrogens with one attached hydrogen (secondary N) is 1. The third-order valence-electron chi connectivity index (χ3n) is 3.54. The minimum absolute atomic E-state index is 0.00270. The fourth-order valence-corrected chi connectivity index (χ4v) is 3.83. The van der Waals surface area contributed by atoms with Crippen molar-refractivity contribution >= 4 is 28.6 Å². The third kappa shape index (κ3) is 3.30. The number of halogens is 3. The molecule has 1 aromatic heterocycles. The van der Waals surface area contributed by atoms with Crippen LogP contribution in [0.25, 0.3) is 0 Å². The van der Waals surface area contributed by atoms with E-state index in [9.17, 15) is 8.78 Å². The molecule has 0 fully saturated rings. The maximum atomic E-state index is 12.2. The summed E-state index contributed by atoms with van der Waals surface area (Å²) in [5.74, 6) is -0.00270. The summed E-state index contributed by atoms with van der Waals surface area (Å²) in [7, 11) is 0. The van der Waals surface area contributed by atoms with E-state index in [-0.39, 0.29) is 16.8 Å². The van der Waals surface area contributed by atoms with E-state index in [0.29, 0.717) is 0 Å². The second-order valence-corrected chi connectivity index (χ2v) is 6.32. The van der Waals surface area contributed by atoms with E-state index in [1.54, 1.807) is 23.5 Å². The number of thiophene rings is 1. The van der Waals surface area contributed by atoms with Gasteiger partial charge in [-0.1, -0.05) is 11.6 Å². The number of aryl methyl sites for hydroxylation is 1. The van der Waals surface area contributed by atoms with Gasteiger partial charge in [0.25, 0.3) is 0 Å². The highest BCUT2D eigenvalue weighted by Gasteiger charge is 2.21. The van der Waals surface area contributed by atoms with Gasteiger partial charge >= 0.3 is 6.61 Å². The van der Waals surface area contributed by atoms with Crippen LogP contribution in [0.5, 0.6) is 5.75 Å². The Morgan fingerprint density at radius 2 is 2.19 bits per heavy atom. The van der Waals surface area contributed by atoms with Crippen LogP contribution in [0.2, 0.25) is 5.02 Å². The van der Waals surface area contributed by atoms with Crippen molar-refractivity contribution < 1.29 is 13.5 Å². The van der Waals surface area contributed by atoms with E-state index in [4.69, 9.17) is 11.6 Å². The van der Waals surface area contributed by atoms with Crippen LogP contribution in [0.4, 0.5) is 14.5 Å².